The van der Waals surface area contributed by atoms with Gasteiger partial charge in [-0.05, 0) is 42.5 Å². The summed E-state index contributed by atoms with van der Waals surface area (Å²) in [5.74, 6) is 2.25. The molecule has 1 aromatic carbocycles. The van der Waals surface area contributed by atoms with E-state index in [1.165, 1.54) is 11.1 Å². The van der Waals surface area contributed by atoms with Crippen LogP contribution in [0, 0.1) is 18.3 Å². The molecule has 2 heteroatoms. The zero-order valence-corrected chi connectivity index (χ0v) is 14.9. The molecule has 0 bridgehead atoms. The van der Waals surface area contributed by atoms with Crippen LogP contribution in [0.3, 0.4) is 0 Å². The molecule has 21 heavy (non-hydrogen) atoms. The Bertz CT molecular complexity index is 435. The minimum atomic E-state index is 0.134. The molecule has 120 valence electrons. The standard InChI is InChI=1S/C19H33NO/c1-14(2)11-20-12-19(6,7)13-21-18-10-17(15(3)4)9-8-16(18)5/h8-10,14-15,20H,11-13H2,1-7H3. The van der Waals surface area contributed by atoms with E-state index in [1.807, 2.05) is 0 Å². The van der Waals surface area contributed by atoms with Gasteiger partial charge in [0.1, 0.15) is 5.75 Å². The van der Waals surface area contributed by atoms with Gasteiger partial charge >= 0.3 is 0 Å². The molecule has 0 heterocycles. The zero-order valence-electron chi connectivity index (χ0n) is 14.9. The number of hydrogen-bond acceptors (Lipinski definition) is 2. The summed E-state index contributed by atoms with van der Waals surface area (Å²) < 4.78 is 6.11. The van der Waals surface area contributed by atoms with Gasteiger partial charge in [-0.25, -0.2) is 0 Å². The van der Waals surface area contributed by atoms with Crippen molar-refractivity contribution in [2.24, 2.45) is 11.3 Å². The summed E-state index contributed by atoms with van der Waals surface area (Å²) in [5, 5.41) is 3.53. The maximum atomic E-state index is 6.11. The van der Waals surface area contributed by atoms with Gasteiger partial charge in [0.25, 0.3) is 0 Å². The van der Waals surface area contributed by atoms with Crippen LogP contribution in [0.5, 0.6) is 5.75 Å². The Hall–Kier alpha value is -1.02. The van der Waals surface area contributed by atoms with Gasteiger partial charge in [-0.1, -0.05) is 53.7 Å². The fraction of sp³-hybridized carbons (Fsp3) is 0.684. The van der Waals surface area contributed by atoms with Crippen molar-refractivity contribution in [1.82, 2.24) is 5.32 Å². The van der Waals surface area contributed by atoms with Crippen molar-refractivity contribution in [2.45, 2.75) is 54.4 Å². The minimum absolute atomic E-state index is 0.134. The molecular formula is C19H33NO. The van der Waals surface area contributed by atoms with E-state index in [4.69, 9.17) is 4.74 Å². The van der Waals surface area contributed by atoms with Gasteiger partial charge in [-0.2, -0.15) is 0 Å². The Balaban J connectivity index is 2.59. The molecule has 0 unspecified atom stereocenters. The third-order valence-corrected chi connectivity index (χ3v) is 3.65. The van der Waals surface area contributed by atoms with E-state index in [9.17, 15) is 0 Å². The lowest BCUT2D eigenvalue weighted by Gasteiger charge is -2.26. The lowest BCUT2D eigenvalue weighted by Crippen LogP contribution is -2.36. The van der Waals surface area contributed by atoms with E-state index < -0.39 is 0 Å². The topological polar surface area (TPSA) is 21.3 Å². The van der Waals surface area contributed by atoms with Crippen LogP contribution in [0.4, 0.5) is 0 Å². The maximum absolute atomic E-state index is 6.11. The Morgan fingerprint density at radius 3 is 2.38 bits per heavy atom. The van der Waals surface area contributed by atoms with E-state index in [0.717, 1.165) is 25.4 Å². The second-order valence-corrected chi connectivity index (χ2v) is 7.66. The van der Waals surface area contributed by atoms with Crippen LogP contribution in [0.1, 0.15) is 58.6 Å². The largest absolute Gasteiger partial charge is 0.493 e. The highest BCUT2D eigenvalue weighted by Gasteiger charge is 2.19. The molecule has 0 aromatic heterocycles. The first-order valence-electron chi connectivity index (χ1n) is 8.15. The van der Waals surface area contributed by atoms with Gasteiger partial charge < -0.3 is 10.1 Å². The first-order chi connectivity index (χ1) is 9.71. The molecule has 1 N–H and O–H groups in total. The predicted molar refractivity (Wildman–Crippen MR) is 92.3 cm³/mol. The Morgan fingerprint density at radius 2 is 1.81 bits per heavy atom. The van der Waals surface area contributed by atoms with Gasteiger partial charge in [0.2, 0.25) is 0 Å². The van der Waals surface area contributed by atoms with E-state index in [2.05, 4.69) is 72.0 Å². The highest BCUT2D eigenvalue weighted by molar-refractivity contribution is 5.37. The van der Waals surface area contributed by atoms with Gasteiger partial charge in [-0.15, -0.1) is 0 Å². The summed E-state index contributed by atoms with van der Waals surface area (Å²) >= 11 is 0. The normalized spacial score (nSPS) is 12.2. The van der Waals surface area contributed by atoms with Crippen molar-refractivity contribution < 1.29 is 4.74 Å². The van der Waals surface area contributed by atoms with Crippen LogP contribution in [0.2, 0.25) is 0 Å². The van der Waals surface area contributed by atoms with E-state index in [-0.39, 0.29) is 5.41 Å². The summed E-state index contributed by atoms with van der Waals surface area (Å²) in [6.07, 6.45) is 0. The molecule has 0 aliphatic rings. The van der Waals surface area contributed by atoms with Crippen LogP contribution in [-0.2, 0) is 0 Å². The lowest BCUT2D eigenvalue weighted by molar-refractivity contribution is 0.174. The number of hydrogen-bond donors (Lipinski definition) is 1. The molecule has 0 amide bonds. The Labute approximate surface area is 131 Å². The SMILES string of the molecule is Cc1ccc(C(C)C)cc1OCC(C)(C)CNCC(C)C. The smallest absolute Gasteiger partial charge is 0.122 e. The van der Waals surface area contributed by atoms with Crippen LogP contribution in [0.25, 0.3) is 0 Å². The molecule has 0 radical (unpaired) electrons. The quantitative estimate of drug-likeness (QED) is 0.745. The summed E-state index contributed by atoms with van der Waals surface area (Å²) in [4.78, 5) is 0. The number of ether oxygens (including phenoxy) is 1. The molecule has 0 atom stereocenters. The van der Waals surface area contributed by atoms with Crippen molar-refractivity contribution >= 4 is 0 Å². The fourth-order valence-corrected chi connectivity index (χ4v) is 2.15. The van der Waals surface area contributed by atoms with Crippen molar-refractivity contribution in [2.75, 3.05) is 19.7 Å². The monoisotopic (exact) mass is 291 g/mol. The van der Waals surface area contributed by atoms with Crippen molar-refractivity contribution in [1.29, 1.82) is 0 Å². The van der Waals surface area contributed by atoms with Crippen molar-refractivity contribution in [3.63, 3.8) is 0 Å². The van der Waals surface area contributed by atoms with Gasteiger partial charge in [-0.3, -0.25) is 0 Å². The van der Waals surface area contributed by atoms with Crippen LogP contribution in [-0.4, -0.2) is 19.7 Å². The highest BCUT2D eigenvalue weighted by atomic mass is 16.5. The molecule has 2 nitrogen and oxygen atoms in total. The molecule has 0 saturated heterocycles. The van der Waals surface area contributed by atoms with E-state index in [0.29, 0.717) is 11.8 Å². The van der Waals surface area contributed by atoms with Gasteiger partial charge in [0.05, 0.1) is 6.61 Å². The van der Waals surface area contributed by atoms with E-state index >= 15 is 0 Å². The maximum Gasteiger partial charge on any atom is 0.122 e. The number of benzene rings is 1. The van der Waals surface area contributed by atoms with Gasteiger partial charge in [0.15, 0.2) is 0 Å². The first kappa shape index (κ1) is 18.0. The van der Waals surface area contributed by atoms with Crippen molar-refractivity contribution in [3.05, 3.63) is 29.3 Å². The summed E-state index contributed by atoms with van der Waals surface area (Å²) in [7, 11) is 0. The number of aryl methyl sites for hydroxylation is 1. The van der Waals surface area contributed by atoms with Gasteiger partial charge in [0, 0.05) is 12.0 Å². The predicted octanol–water partition coefficient (Wildman–Crippen LogP) is 4.77. The second kappa shape index (κ2) is 7.84. The molecule has 0 aliphatic heterocycles. The Morgan fingerprint density at radius 1 is 1.14 bits per heavy atom. The van der Waals surface area contributed by atoms with E-state index in [1.54, 1.807) is 0 Å². The molecule has 0 spiro atoms. The Kier molecular flexibility index (Phi) is 6.73. The fourth-order valence-electron chi connectivity index (χ4n) is 2.15. The third kappa shape index (κ3) is 6.52. The van der Waals surface area contributed by atoms with Crippen LogP contribution >= 0.6 is 0 Å². The summed E-state index contributed by atoms with van der Waals surface area (Å²) in [6, 6.07) is 6.55. The molecule has 0 aliphatic carbocycles. The molecule has 1 aromatic rings. The minimum Gasteiger partial charge on any atom is -0.493 e. The summed E-state index contributed by atoms with van der Waals surface area (Å²) in [5.41, 5.74) is 2.69. The molecular weight excluding hydrogens is 258 g/mol. The molecule has 1 rings (SSSR count). The highest BCUT2D eigenvalue weighted by Crippen LogP contribution is 2.26. The lowest BCUT2D eigenvalue weighted by atomic mass is 9.94. The number of nitrogens with one attached hydrogen (secondary N) is 1. The average molecular weight is 291 g/mol. The van der Waals surface area contributed by atoms with Crippen LogP contribution in [0.15, 0.2) is 18.2 Å². The first-order valence-corrected chi connectivity index (χ1v) is 8.15. The molecule has 0 saturated carbocycles. The van der Waals surface area contributed by atoms with Crippen LogP contribution < -0.4 is 10.1 Å². The summed E-state index contributed by atoms with van der Waals surface area (Å²) in [6.45, 7) is 18.3. The second-order valence-electron chi connectivity index (χ2n) is 7.66. The average Bonchev–Trinajstić information content (AvgIpc) is 2.36. The third-order valence-electron chi connectivity index (χ3n) is 3.65. The molecule has 0 fully saturated rings. The number of rotatable bonds is 8. The van der Waals surface area contributed by atoms with Crippen molar-refractivity contribution in [3.8, 4) is 5.75 Å². The zero-order chi connectivity index (χ0) is 16.0.